The summed E-state index contributed by atoms with van der Waals surface area (Å²) >= 11 is 0. The van der Waals surface area contributed by atoms with E-state index in [4.69, 9.17) is 15.5 Å². The van der Waals surface area contributed by atoms with E-state index in [1.165, 1.54) is 0 Å². The molecular weight excluding hydrogens is 378 g/mol. The van der Waals surface area contributed by atoms with Crippen molar-refractivity contribution < 1.29 is 9.53 Å². The fourth-order valence-electron chi connectivity index (χ4n) is 5.17. The highest BCUT2D eigenvalue weighted by Gasteiger charge is 2.46. The van der Waals surface area contributed by atoms with Gasteiger partial charge in [-0.05, 0) is 48.9 Å². The maximum Gasteiger partial charge on any atom is 0.254 e. The molecule has 2 N–H and O–H groups in total. The number of pyridine rings is 1. The van der Waals surface area contributed by atoms with Gasteiger partial charge in [0, 0.05) is 37.4 Å². The highest BCUT2D eigenvalue weighted by atomic mass is 16.5. The van der Waals surface area contributed by atoms with Gasteiger partial charge in [-0.25, -0.2) is 4.98 Å². The minimum Gasteiger partial charge on any atom is -0.494 e. The Morgan fingerprint density at radius 1 is 1.33 bits per heavy atom. The second-order valence-corrected chi connectivity index (χ2v) is 8.34. The standard InChI is InChI=1S/C23H27N5O2/c1-4-13-6-5-9-25-20(13)22-26-16-10-15(11-18(30-3)21(16)27(22)2)23(29)28-12-14-7-8-17(28)19(14)24/h5-6,9-11,14,17,19H,4,7-8,12,24H2,1-3H3/t14-,17-,19-/m1/s1. The monoisotopic (exact) mass is 405 g/mol. The lowest BCUT2D eigenvalue weighted by Crippen LogP contribution is -2.41. The molecule has 0 spiro atoms. The summed E-state index contributed by atoms with van der Waals surface area (Å²) in [6.07, 6.45) is 4.76. The molecule has 1 amide bonds. The fraction of sp³-hybridized carbons (Fsp3) is 0.435. The summed E-state index contributed by atoms with van der Waals surface area (Å²) in [5.41, 5.74) is 10.5. The number of methoxy groups -OCH3 is 1. The smallest absolute Gasteiger partial charge is 0.254 e. The van der Waals surface area contributed by atoms with Crippen LogP contribution in [0.1, 0.15) is 35.7 Å². The number of amides is 1. The average Bonchev–Trinajstić information content (AvgIpc) is 3.42. The molecule has 1 saturated carbocycles. The van der Waals surface area contributed by atoms with Gasteiger partial charge in [0.25, 0.3) is 5.91 Å². The summed E-state index contributed by atoms with van der Waals surface area (Å²) in [7, 11) is 3.59. The molecule has 3 atom stereocenters. The third-order valence-electron chi connectivity index (χ3n) is 6.80. The number of carbonyl (C=O) groups is 1. The van der Waals surface area contributed by atoms with Crippen LogP contribution in [-0.4, -0.2) is 51.1 Å². The van der Waals surface area contributed by atoms with E-state index in [9.17, 15) is 4.79 Å². The topological polar surface area (TPSA) is 86.3 Å². The van der Waals surface area contributed by atoms with Crippen LogP contribution in [0.5, 0.6) is 5.75 Å². The molecule has 1 aromatic carbocycles. The molecule has 0 radical (unpaired) electrons. The van der Waals surface area contributed by atoms with Crippen LogP contribution >= 0.6 is 0 Å². The van der Waals surface area contributed by atoms with Gasteiger partial charge in [-0.3, -0.25) is 9.78 Å². The second-order valence-electron chi connectivity index (χ2n) is 8.34. The molecule has 5 rings (SSSR count). The summed E-state index contributed by atoms with van der Waals surface area (Å²) in [4.78, 5) is 24.7. The van der Waals surface area contributed by atoms with E-state index in [0.717, 1.165) is 53.9 Å². The molecule has 156 valence electrons. The Balaban J connectivity index is 1.60. The zero-order chi connectivity index (χ0) is 21.0. The van der Waals surface area contributed by atoms with Crippen LogP contribution in [0.15, 0.2) is 30.5 Å². The largest absolute Gasteiger partial charge is 0.494 e. The Morgan fingerprint density at radius 2 is 2.17 bits per heavy atom. The van der Waals surface area contributed by atoms with Gasteiger partial charge in [-0.2, -0.15) is 0 Å². The van der Waals surface area contributed by atoms with Crippen molar-refractivity contribution in [2.45, 2.75) is 38.3 Å². The van der Waals surface area contributed by atoms with E-state index in [2.05, 4.69) is 18.0 Å². The molecule has 2 bridgehead atoms. The molecule has 30 heavy (non-hydrogen) atoms. The predicted molar refractivity (Wildman–Crippen MR) is 115 cm³/mol. The zero-order valence-corrected chi connectivity index (χ0v) is 17.6. The number of benzene rings is 1. The lowest BCUT2D eigenvalue weighted by Gasteiger charge is -2.27. The van der Waals surface area contributed by atoms with Crippen molar-refractivity contribution in [3.8, 4) is 17.3 Å². The first kappa shape index (κ1) is 19.1. The Morgan fingerprint density at radius 3 is 2.83 bits per heavy atom. The average molecular weight is 406 g/mol. The van der Waals surface area contributed by atoms with Gasteiger partial charge in [-0.1, -0.05) is 13.0 Å². The van der Waals surface area contributed by atoms with Crippen LogP contribution < -0.4 is 10.5 Å². The van der Waals surface area contributed by atoms with Crippen molar-refractivity contribution in [3.63, 3.8) is 0 Å². The maximum atomic E-state index is 13.3. The Bertz CT molecular complexity index is 1140. The molecule has 1 aliphatic carbocycles. The van der Waals surface area contributed by atoms with Crippen molar-refractivity contribution >= 4 is 16.9 Å². The van der Waals surface area contributed by atoms with Crippen molar-refractivity contribution in [3.05, 3.63) is 41.6 Å². The van der Waals surface area contributed by atoms with Crippen molar-refractivity contribution in [2.75, 3.05) is 13.7 Å². The number of piperidine rings is 1. The van der Waals surface area contributed by atoms with Gasteiger partial charge in [-0.15, -0.1) is 0 Å². The number of nitrogens with zero attached hydrogens (tertiary/aromatic N) is 4. The Hall–Kier alpha value is -2.93. The van der Waals surface area contributed by atoms with E-state index in [1.807, 2.05) is 34.7 Å². The SMILES string of the molecule is CCc1cccnc1-c1nc2cc(C(=O)N3C[C@H]4CC[C@@H]3[C@@H]4N)cc(OC)c2n1C. The quantitative estimate of drug-likeness (QED) is 0.721. The minimum atomic E-state index is 0.0112. The van der Waals surface area contributed by atoms with E-state index in [0.29, 0.717) is 17.2 Å². The molecular formula is C23H27N5O2. The first-order valence-corrected chi connectivity index (χ1v) is 10.6. The molecule has 2 aromatic heterocycles. The number of ether oxygens (including phenoxy) is 1. The van der Waals surface area contributed by atoms with Crippen LogP contribution in [0.4, 0.5) is 0 Å². The molecule has 3 heterocycles. The van der Waals surface area contributed by atoms with Gasteiger partial charge in [0.05, 0.1) is 12.6 Å². The number of rotatable bonds is 4. The van der Waals surface area contributed by atoms with Gasteiger partial charge >= 0.3 is 0 Å². The van der Waals surface area contributed by atoms with Gasteiger partial charge in [0.2, 0.25) is 0 Å². The third-order valence-corrected chi connectivity index (χ3v) is 6.80. The summed E-state index contributed by atoms with van der Waals surface area (Å²) in [5, 5.41) is 0. The van der Waals surface area contributed by atoms with Gasteiger partial charge in [0.1, 0.15) is 17.0 Å². The zero-order valence-electron chi connectivity index (χ0n) is 17.6. The molecule has 7 nitrogen and oxygen atoms in total. The first-order valence-electron chi connectivity index (χ1n) is 10.6. The second kappa shape index (κ2) is 7.09. The number of imidazole rings is 1. The Labute approximate surface area is 175 Å². The van der Waals surface area contributed by atoms with E-state index >= 15 is 0 Å². The number of likely N-dealkylation sites (tertiary alicyclic amines) is 1. The van der Waals surface area contributed by atoms with E-state index < -0.39 is 0 Å². The normalized spacial score (nSPS) is 22.8. The number of hydrogen-bond donors (Lipinski definition) is 1. The summed E-state index contributed by atoms with van der Waals surface area (Å²) in [5.74, 6) is 1.84. The van der Waals surface area contributed by atoms with Crippen LogP contribution in [-0.2, 0) is 13.5 Å². The summed E-state index contributed by atoms with van der Waals surface area (Å²) in [6.45, 7) is 2.85. The fourth-order valence-corrected chi connectivity index (χ4v) is 5.17. The number of carbonyl (C=O) groups excluding carboxylic acids is 1. The molecule has 1 saturated heterocycles. The third kappa shape index (κ3) is 2.72. The Kier molecular flexibility index (Phi) is 4.50. The number of fused-ring (bicyclic) bond motifs is 3. The first-order chi connectivity index (χ1) is 14.5. The predicted octanol–water partition coefficient (Wildman–Crippen LogP) is 2.77. The van der Waals surface area contributed by atoms with Crippen molar-refractivity contribution in [1.82, 2.24) is 19.4 Å². The van der Waals surface area contributed by atoms with E-state index in [-0.39, 0.29) is 18.0 Å². The highest BCUT2D eigenvalue weighted by molar-refractivity contribution is 6.00. The van der Waals surface area contributed by atoms with Crippen molar-refractivity contribution in [2.24, 2.45) is 18.7 Å². The molecule has 1 aliphatic heterocycles. The molecule has 2 fully saturated rings. The molecule has 3 aromatic rings. The van der Waals surface area contributed by atoms with E-state index in [1.54, 1.807) is 13.3 Å². The minimum absolute atomic E-state index is 0.0112. The van der Waals surface area contributed by atoms with Crippen molar-refractivity contribution in [1.29, 1.82) is 0 Å². The number of aromatic nitrogens is 3. The van der Waals surface area contributed by atoms with Crippen LogP contribution in [0.3, 0.4) is 0 Å². The molecule has 0 unspecified atom stereocenters. The molecule has 2 aliphatic rings. The summed E-state index contributed by atoms with van der Waals surface area (Å²) in [6, 6.07) is 7.94. The van der Waals surface area contributed by atoms with Crippen LogP contribution in [0.2, 0.25) is 0 Å². The number of hydrogen-bond acceptors (Lipinski definition) is 5. The maximum absolute atomic E-state index is 13.3. The van der Waals surface area contributed by atoms with Crippen LogP contribution in [0, 0.1) is 5.92 Å². The van der Waals surface area contributed by atoms with Crippen LogP contribution in [0.25, 0.3) is 22.6 Å². The van der Waals surface area contributed by atoms with Gasteiger partial charge < -0.3 is 19.9 Å². The lowest BCUT2D eigenvalue weighted by atomic mass is 10.1. The van der Waals surface area contributed by atoms with Gasteiger partial charge in [0.15, 0.2) is 5.82 Å². The lowest BCUT2D eigenvalue weighted by molar-refractivity contribution is 0.0700. The highest BCUT2D eigenvalue weighted by Crippen LogP contribution is 2.38. The molecule has 7 heteroatoms. The number of nitrogens with two attached hydrogens (primary N) is 1. The summed E-state index contributed by atoms with van der Waals surface area (Å²) < 4.78 is 7.67. The number of aryl methyl sites for hydroxylation is 2.